The molecule has 2 heterocycles. The fourth-order valence-corrected chi connectivity index (χ4v) is 3.46. The van der Waals surface area contributed by atoms with Gasteiger partial charge < -0.3 is 21.0 Å². The van der Waals surface area contributed by atoms with Gasteiger partial charge in [-0.15, -0.1) is 0 Å². The number of carbonyl (C=O) groups excluding carboxylic acids is 1. The molecule has 5 N–H and O–H groups in total. The molecule has 1 atom stereocenters. The van der Waals surface area contributed by atoms with Gasteiger partial charge in [0, 0.05) is 18.5 Å². The monoisotopic (exact) mass is 371 g/mol. The van der Waals surface area contributed by atoms with Crippen molar-refractivity contribution < 1.29 is 44.5 Å². The number of hydrogen-bond donors (Lipinski definition) is 2. The van der Waals surface area contributed by atoms with Crippen LogP contribution in [-0.2, 0) is 22.6 Å². The molecule has 2 aromatic rings. The van der Waals surface area contributed by atoms with E-state index in [1.807, 2.05) is 17.0 Å². The van der Waals surface area contributed by atoms with Gasteiger partial charge in [-0.05, 0) is 29.0 Å². The average Bonchev–Trinajstić information content (AvgIpc) is 2.89. The van der Waals surface area contributed by atoms with Crippen LogP contribution in [0.4, 0.5) is 0 Å². The van der Waals surface area contributed by atoms with Crippen molar-refractivity contribution in [3.05, 3.63) is 29.5 Å². The molecule has 0 saturated heterocycles. The Morgan fingerprint density at radius 3 is 2.63 bits per heavy atom. The van der Waals surface area contributed by atoms with Gasteiger partial charge in [0.15, 0.2) is 0 Å². The Labute approximate surface area is 170 Å². The smallest absolute Gasteiger partial charge is 0.870 e. The van der Waals surface area contributed by atoms with Crippen LogP contribution >= 0.6 is 0 Å². The molecule has 0 bridgehead atoms. The summed E-state index contributed by atoms with van der Waals surface area (Å²) in [6, 6.07) is 3.93. The Morgan fingerprint density at radius 2 is 2.04 bits per heavy atom. The van der Waals surface area contributed by atoms with E-state index < -0.39 is 11.9 Å². The number of carboxylic acids is 1. The number of aromatic amines is 1. The summed E-state index contributed by atoms with van der Waals surface area (Å²) in [6.45, 7) is 7.33. The van der Waals surface area contributed by atoms with Gasteiger partial charge in [-0.1, -0.05) is 26.8 Å². The van der Waals surface area contributed by atoms with Crippen LogP contribution in [0.2, 0.25) is 0 Å². The third-order valence-electron chi connectivity index (χ3n) is 4.40. The van der Waals surface area contributed by atoms with E-state index >= 15 is 0 Å². The van der Waals surface area contributed by atoms with Crippen LogP contribution in [0.1, 0.15) is 38.3 Å². The van der Waals surface area contributed by atoms with Crippen molar-refractivity contribution >= 4 is 22.8 Å². The molecule has 0 saturated carbocycles. The van der Waals surface area contributed by atoms with Crippen molar-refractivity contribution in [3.63, 3.8) is 0 Å². The number of nitrogens with zero attached hydrogens (tertiary/aromatic N) is 2. The number of fused-ring (bicyclic) bond motifs is 3. The number of aliphatic carboxylic acids is 1. The first-order chi connectivity index (χ1) is 11.2. The van der Waals surface area contributed by atoms with Gasteiger partial charge in [0.1, 0.15) is 0 Å². The van der Waals surface area contributed by atoms with Gasteiger partial charge in [-0.2, -0.15) is 5.10 Å². The van der Waals surface area contributed by atoms with E-state index in [-0.39, 0.29) is 47.6 Å². The molecular weight excluding hydrogens is 345 g/mol. The third kappa shape index (κ3) is 5.56. The second-order valence-electron chi connectivity index (χ2n) is 7.79. The Kier molecular flexibility index (Phi) is 8.73. The van der Waals surface area contributed by atoms with Gasteiger partial charge in [0.05, 0.1) is 24.1 Å². The molecule has 0 radical (unpaired) electrons. The van der Waals surface area contributed by atoms with Crippen molar-refractivity contribution in [2.24, 2.45) is 11.3 Å². The van der Waals surface area contributed by atoms with Crippen LogP contribution in [0.5, 0.6) is 0 Å². The average molecular weight is 371 g/mol. The minimum absolute atomic E-state index is 0. The maximum absolute atomic E-state index is 12.9. The zero-order valence-electron chi connectivity index (χ0n) is 16.2. The topological polar surface area (TPSA) is 148 Å². The van der Waals surface area contributed by atoms with Crippen LogP contribution in [0.25, 0.3) is 10.9 Å². The van der Waals surface area contributed by atoms with E-state index in [0.717, 1.165) is 22.0 Å². The molecule has 8 nitrogen and oxygen atoms in total. The Morgan fingerprint density at radius 1 is 1.37 bits per heavy atom. The normalized spacial score (nSPS) is 16.5. The standard InChI is InChI=1S/C18H23N3O3.Li.2H2O/c1-18(2,3)10-21-9-14-11(4-5-15-13(14)8-19-20-15)6-12(17(21)24)7-16(22)23;;;/h4-5,8,12H,6-7,9-10H2,1-3H3,(H,19,20)(H,22,23);;2*1H2/q;+1;;/p-1/t12-;;;/m1.../s1. The number of benzene rings is 1. The van der Waals surface area contributed by atoms with Crippen LogP contribution in [0, 0.1) is 11.3 Å². The minimum Gasteiger partial charge on any atom is -0.870 e. The number of amides is 1. The maximum atomic E-state index is 12.9. The summed E-state index contributed by atoms with van der Waals surface area (Å²) >= 11 is 0. The molecule has 1 amide bonds. The summed E-state index contributed by atoms with van der Waals surface area (Å²) < 4.78 is 0. The van der Waals surface area contributed by atoms with Crippen LogP contribution in [0.3, 0.4) is 0 Å². The molecule has 0 aliphatic carbocycles. The zero-order valence-corrected chi connectivity index (χ0v) is 16.2. The van der Waals surface area contributed by atoms with E-state index in [9.17, 15) is 14.7 Å². The summed E-state index contributed by atoms with van der Waals surface area (Å²) in [5, 5.41) is 17.3. The van der Waals surface area contributed by atoms with Crippen LogP contribution in [0.15, 0.2) is 18.3 Å². The zero-order chi connectivity index (χ0) is 17.5. The van der Waals surface area contributed by atoms with Gasteiger partial charge in [-0.3, -0.25) is 14.7 Å². The van der Waals surface area contributed by atoms with Gasteiger partial charge in [-0.25, -0.2) is 0 Å². The number of H-pyrrole nitrogens is 1. The molecule has 0 spiro atoms. The van der Waals surface area contributed by atoms with Crippen molar-refractivity contribution in [1.29, 1.82) is 0 Å². The summed E-state index contributed by atoms with van der Waals surface area (Å²) in [6.07, 6.45) is 2.11. The van der Waals surface area contributed by atoms with E-state index in [4.69, 9.17) is 0 Å². The molecule has 0 fully saturated rings. The Bertz CT molecular complexity index is 800. The van der Waals surface area contributed by atoms with Gasteiger partial charge in [0.2, 0.25) is 5.91 Å². The summed E-state index contributed by atoms with van der Waals surface area (Å²) in [7, 11) is 0. The quantitative estimate of drug-likeness (QED) is 0.636. The van der Waals surface area contributed by atoms with Crippen molar-refractivity contribution in [2.75, 3.05) is 6.54 Å². The first-order valence-electron chi connectivity index (χ1n) is 8.19. The number of nitrogens with one attached hydrogen (secondary N) is 1. The van der Waals surface area contributed by atoms with Gasteiger partial charge >= 0.3 is 24.8 Å². The minimum atomic E-state index is -0.933. The van der Waals surface area contributed by atoms with Crippen molar-refractivity contribution in [2.45, 2.75) is 40.2 Å². The van der Waals surface area contributed by atoms with E-state index in [1.165, 1.54) is 0 Å². The number of aromatic nitrogens is 2. The Hall–Kier alpha value is -1.85. The molecule has 9 heteroatoms. The van der Waals surface area contributed by atoms with Crippen LogP contribution < -0.4 is 18.9 Å². The number of hydrogen-bond acceptors (Lipinski definition) is 4. The Balaban J connectivity index is 0.00000225. The predicted molar refractivity (Wildman–Crippen MR) is 96.0 cm³/mol. The number of rotatable bonds is 3. The molecule has 27 heavy (non-hydrogen) atoms. The fourth-order valence-electron chi connectivity index (χ4n) is 3.46. The van der Waals surface area contributed by atoms with Gasteiger partial charge in [0.25, 0.3) is 0 Å². The molecule has 1 aromatic carbocycles. The molecule has 1 aromatic heterocycles. The predicted octanol–water partition coefficient (Wildman–Crippen LogP) is -1.41. The number of carboxylic acid groups (broad SMARTS) is 1. The number of carbonyl (C=O) groups is 2. The molecule has 0 unspecified atom stereocenters. The summed E-state index contributed by atoms with van der Waals surface area (Å²) in [4.78, 5) is 26.0. The first kappa shape index (κ1) is 25.1. The van der Waals surface area contributed by atoms with E-state index in [0.29, 0.717) is 19.5 Å². The molecule has 3 rings (SSSR count). The summed E-state index contributed by atoms with van der Waals surface area (Å²) in [5.41, 5.74) is 3.00. The largest absolute Gasteiger partial charge is 1.00 e. The second-order valence-corrected chi connectivity index (χ2v) is 7.79. The molecule has 144 valence electrons. The maximum Gasteiger partial charge on any atom is 1.00 e. The van der Waals surface area contributed by atoms with Crippen molar-refractivity contribution in [3.8, 4) is 0 Å². The second kappa shape index (κ2) is 9.38. The van der Waals surface area contributed by atoms with E-state index in [2.05, 4.69) is 31.0 Å². The molecule has 1 aliphatic heterocycles. The summed E-state index contributed by atoms with van der Waals surface area (Å²) in [5.74, 6) is -1.52. The van der Waals surface area contributed by atoms with Crippen LogP contribution in [-0.4, -0.2) is 49.6 Å². The molecular formula is C18H26LiN3O5. The first-order valence-corrected chi connectivity index (χ1v) is 8.19. The van der Waals surface area contributed by atoms with Crippen molar-refractivity contribution in [1.82, 2.24) is 15.1 Å². The molecule has 1 aliphatic rings. The van der Waals surface area contributed by atoms with E-state index in [1.54, 1.807) is 6.20 Å². The third-order valence-corrected chi connectivity index (χ3v) is 4.40. The SMILES string of the molecule is CC(C)(C)CN1Cc2c(ccc3[nH]ncc23)C[C@H](CC(=O)O)C1=O.O.[Li+].[OH-]. The fraction of sp³-hybridized carbons (Fsp3) is 0.500.